The van der Waals surface area contributed by atoms with Gasteiger partial charge in [0.25, 0.3) is 11.6 Å². The fourth-order valence-corrected chi connectivity index (χ4v) is 3.57. The van der Waals surface area contributed by atoms with Crippen molar-refractivity contribution in [3.8, 4) is 0 Å². The number of esters is 2. The number of amides is 1. The molecule has 3 aromatic rings. The SMILES string of the molecule is Cc1ccc([N+](=O)[O-])cc1NC(=O)[C@H](OC(=O)c1cccc(C(F)(F)F)c1)[C@H](OC(=O)c1cccc(C(F)(F)F)c1)C(=O)O. The molecule has 0 aliphatic rings. The molecule has 3 aromatic carbocycles. The molecular weight excluding hydrogens is 610 g/mol. The molecule has 2 N–H and O–H groups in total. The maximum absolute atomic E-state index is 13.2. The number of non-ortho nitro benzene ring substituents is 1. The number of carbonyl (C=O) groups excluding carboxylic acids is 3. The minimum Gasteiger partial charge on any atom is -0.478 e. The first-order chi connectivity index (χ1) is 20.4. The maximum Gasteiger partial charge on any atom is 0.416 e. The summed E-state index contributed by atoms with van der Waals surface area (Å²) >= 11 is 0. The van der Waals surface area contributed by atoms with Crippen LogP contribution >= 0.6 is 0 Å². The van der Waals surface area contributed by atoms with Crippen molar-refractivity contribution >= 4 is 35.2 Å². The summed E-state index contributed by atoms with van der Waals surface area (Å²) in [5.74, 6) is -7.12. The first-order valence-electron chi connectivity index (χ1n) is 11.9. The fraction of sp³-hybridized carbons (Fsp3) is 0.185. The number of benzene rings is 3. The molecule has 0 unspecified atom stereocenters. The second kappa shape index (κ2) is 12.8. The molecule has 0 aliphatic heterocycles. The van der Waals surface area contributed by atoms with Crippen molar-refractivity contribution < 1.29 is 65.0 Å². The zero-order valence-corrected chi connectivity index (χ0v) is 21.9. The van der Waals surface area contributed by atoms with Crippen molar-refractivity contribution in [2.45, 2.75) is 31.5 Å². The molecule has 0 saturated carbocycles. The number of aliphatic carboxylic acids is 1. The summed E-state index contributed by atoms with van der Waals surface area (Å²) < 4.78 is 88.5. The summed E-state index contributed by atoms with van der Waals surface area (Å²) in [6, 6.07) is 8.22. The van der Waals surface area contributed by atoms with Crippen LogP contribution in [0.5, 0.6) is 0 Å². The molecule has 232 valence electrons. The van der Waals surface area contributed by atoms with E-state index in [1.54, 1.807) is 0 Å². The maximum atomic E-state index is 13.2. The van der Waals surface area contributed by atoms with Crippen LogP contribution in [0.1, 0.15) is 37.4 Å². The number of halogens is 6. The third-order valence-electron chi connectivity index (χ3n) is 5.79. The first-order valence-corrected chi connectivity index (χ1v) is 11.9. The van der Waals surface area contributed by atoms with Crippen molar-refractivity contribution in [2.75, 3.05) is 5.32 Å². The summed E-state index contributed by atoms with van der Waals surface area (Å²) in [4.78, 5) is 61.2. The number of nitro groups is 1. The topological polar surface area (TPSA) is 162 Å². The van der Waals surface area contributed by atoms with E-state index in [0.29, 0.717) is 24.3 Å². The van der Waals surface area contributed by atoms with Gasteiger partial charge in [-0.15, -0.1) is 0 Å². The Morgan fingerprint density at radius 2 is 1.27 bits per heavy atom. The number of rotatable bonds is 9. The minimum atomic E-state index is -4.92. The molecule has 1 amide bonds. The highest BCUT2D eigenvalue weighted by atomic mass is 19.4. The molecule has 3 rings (SSSR count). The van der Waals surface area contributed by atoms with Crippen molar-refractivity contribution in [3.05, 3.63) is 105 Å². The van der Waals surface area contributed by atoms with Gasteiger partial charge in [0.1, 0.15) is 0 Å². The molecule has 0 saturated heterocycles. The standard InChI is InChI=1S/C27H18F6N2O9/c1-13-8-9-18(35(41)42)12-19(13)34-22(36)20(43-24(39)14-4-2-6-16(10-14)26(28,29)30)21(23(37)38)44-25(40)15-5-3-7-17(11-15)27(31,32)33/h2-12,20-21H,1H3,(H,34,36)(H,37,38)/t20-,21+/m1/s1. The third-order valence-corrected chi connectivity index (χ3v) is 5.79. The largest absolute Gasteiger partial charge is 0.478 e. The Bertz CT molecular complexity index is 1620. The lowest BCUT2D eigenvalue weighted by Crippen LogP contribution is -2.48. The highest BCUT2D eigenvalue weighted by Crippen LogP contribution is 2.31. The van der Waals surface area contributed by atoms with Crippen molar-refractivity contribution in [2.24, 2.45) is 0 Å². The Hall–Kier alpha value is -5.48. The van der Waals surface area contributed by atoms with Gasteiger partial charge in [-0.1, -0.05) is 18.2 Å². The molecular formula is C27H18F6N2O9. The number of carboxylic acid groups (broad SMARTS) is 1. The Balaban J connectivity index is 2.03. The van der Waals surface area contributed by atoms with E-state index in [1.807, 2.05) is 0 Å². The van der Waals surface area contributed by atoms with Crippen molar-refractivity contribution in [3.63, 3.8) is 0 Å². The zero-order chi connectivity index (χ0) is 33.0. The second-order valence-corrected chi connectivity index (χ2v) is 8.89. The highest BCUT2D eigenvalue weighted by Gasteiger charge is 2.42. The number of nitrogens with zero attached hydrogens (tertiary/aromatic N) is 1. The summed E-state index contributed by atoms with van der Waals surface area (Å²) in [5, 5.41) is 23.0. The normalized spacial score (nSPS) is 12.9. The van der Waals surface area contributed by atoms with Gasteiger partial charge in [0.2, 0.25) is 12.2 Å². The molecule has 2 atom stereocenters. The average molecular weight is 628 g/mol. The lowest BCUT2D eigenvalue weighted by molar-refractivity contribution is -0.384. The molecule has 0 bridgehead atoms. The lowest BCUT2D eigenvalue weighted by Gasteiger charge is -2.24. The quantitative estimate of drug-likeness (QED) is 0.136. The smallest absolute Gasteiger partial charge is 0.416 e. The monoisotopic (exact) mass is 628 g/mol. The van der Waals surface area contributed by atoms with E-state index in [0.717, 1.165) is 36.4 Å². The van der Waals surface area contributed by atoms with Gasteiger partial charge in [0.05, 0.1) is 32.9 Å². The number of anilines is 1. The number of aryl methyl sites for hydroxylation is 1. The predicted octanol–water partition coefficient (Wildman–Crippen LogP) is 5.42. The molecule has 0 heterocycles. The van der Waals surface area contributed by atoms with Crippen molar-refractivity contribution in [1.82, 2.24) is 0 Å². The first kappa shape index (κ1) is 33.0. The Morgan fingerprint density at radius 1 is 0.795 bits per heavy atom. The summed E-state index contributed by atoms with van der Waals surface area (Å²) in [7, 11) is 0. The van der Waals surface area contributed by atoms with Crippen LogP contribution in [0.4, 0.5) is 37.7 Å². The van der Waals surface area contributed by atoms with E-state index in [1.165, 1.54) is 13.0 Å². The minimum absolute atomic E-state index is 0.180. The Labute approximate surface area is 242 Å². The predicted molar refractivity (Wildman–Crippen MR) is 135 cm³/mol. The highest BCUT2D eigenvalue weighted by molar-refractivity contribution is 6.02. The van der Waals surface area contributed by atoms with E-state index in [-0.39, 0.29) is 11.3 Å². The number of nitro benzene ring substituents is 1. The number of hydrogen-bond donors (Lipinski definition) is 2. The molecule has 0 aliphatic carbocycles. The van der Waals surface area contributed by atoms with Crippen molar-refractivity contribution in [1.29, 1.82) is 0 Å². The second-order valence-electron chi connectivity index (χ2n) is 8.89. The number of nitrogens with one attached hydrogen (secondary N) is 1. The molecule has 44 heavy (non-hydrogen) atoms. The van der Waals surface area contributed by atoms with E-state index < -0.39 is 81.2 Å². The summed E-state index contributed by atoms with van der Waals surface area (Å²) in [6.45, 7) is 1.37. The molecule has 0 radical (unpaired) electrons. The van der Waals surface area contributed by atoms with Gasteiger partial charge in [-0.05, 0) is 48.9 Å². The van der Waals surface area contributed by atoms with Gasteiger partial charge in [-0.3, -0.25) is 14.9 Å². The average Bonchev–Trinajstić information content (AvgIpc) is 2.94. The van der Waals surface area contributed by atoms with Crippen LogP contribution in [0.2, 0.25) is 0 Å². The van der Waals surface area contributed by atoms with Crippen LogP contribution in [0.15, 0.2) is 66.7 Å². The Kier molecular flexibility index (Phi) is 9.61. The van der Waals surface area contributed by atoms with Gasteiger partial charge in [-0.25, -0.2) is 14.4 Å². The van der Waals surface area contributed by atoms with E-state index in [4.69, 9.17) is 9.47 Å². The lowest BCUT2D eigenvalue weighted by atomic mass is 10.1. The van der Waals surface area contributed by atoms with Gasteiger partial charge >= 0.3 is 30.3 Å². The van der Waals surface area contributed by atoms with E-state index in [9.17, 15) is 60.7 Å². The molecule has 0 spiro atoms. The third kappa shape index (κ3) is 8.08. The number of hydrogen-bond acceptors (Lipinski definition) is 8. The van der Waals surface area contributed by atoms with Crippen LogP contribution in [-0.4, -0.2) is 46.1 Å². The number of ether oxygens (including phenoxy) is 2. The van der Waals surface area contributed by atoms with Crippen LogP contribution in [0.25, 0.3) is 0 Å². The van der Waals surface area contributed by atoms with E-state index >= 15 is 0 Å². The number of alkyl halides is 6. The summed E-state index contributed by atoms with van der Waals surface area (Å²) in [6.07, 6.45) is -15.3. The Morgan fingerprint density at radius 3 is 1.70 bits per heavy atom. The van der Waals surface area contributed by atoms with Crippen LogP contribution in [0.3, 0.4) is 0 Å². The van der Waals surface area contributed by atoms with Crippen LogP contribution in [-0.2, 0) is 31.4 Å². The van der Waals surface area contributed by atoms with Gasteiger partial charge in [0, 0.05) is 12.1 Å². The molecule has 0 fully saturated rings. The van der Waals surface area contributed by atoms with Gasteiger partial charge < -0.3 is 19.9 Å². The molecule has 17 heteroatoms. The van der Waals surface area contributed by atoms with Gasteiger partial charge in [0.15, 0.2) is 0 Å². The summed E-state index contributed by atoms with van der Waals surface area (Å²) in [5.41, 5.74) is -4.90. The fourth-order valence-electron chi connectivity index (χ4n) is 3.57. The van der Waals surface area contributed by atoms with Crippen LogP contribution in [0, 0.1) is 17.0 Å². The molecule has 11 nitrogen and oxygen atoms in total. The molecule has 0 aromatic heterocycles. The number of carbonyl (C=O) groups is 4. The zero-order valence-electron chi connectivity index (χ0n) is 21.9. The van der Waals surface area contributed by atoms with E-state index in [2.05, 4.69) is 5.32 Å². The number of carboxylic acids is 1. The van der Waals surface area contributed by atoms with Crippen LogP contribution < -0.4 is 5.32 Å². The van der Waals surface area contributed by atoms with Gasteiger partial charge in [-0.2, -0.15) is 26.3 Å².